The molecule has 43 heavy (non-hydrogen) atoms. The number of hydrazine groups is 1. The first-order chi connectivity index (χ1) is 20.8. The first kappa shape index (κ1) is 30.0. The van der Waals surface area contributed by atoms with E-state index >= 15 is 0 Å². The van der Waals surface area contributed by atoms with E-state index in [2.05, 4.69) is 25.4 Å². The number of benzene rings is 1. The van der Waals surface area contributed by atoms with Crippen molar-refractivity contribution in [3.05, 3.63) is 74.8 Å². The number of hydrogen-bond donors (Lipinski definition) is 4. The number of hydrazone groups is 1. The molecule has 4 aromatic rings. The van der Waals surface area contributed by atoms with Crippen molar-refractivity contribution in [1.82, 2.24) is 24.5 Å². The number of halogens is 2. The predicted molar refractivity (Wildman–Crippen MR) is 163 cm³/mol. The lowest BCUT2D eigenvalue weighted by atomic mass is 10.1. The fourth-order valence-electron chi connectivity index (χ4n) is 4.74. The Hall–Kier alpha value is -4.50. The second kappa shape index (κ2) is 13.2. The number of rotatable bonds is 10. The molecule has 224 valence electrons. The molecular formula is C27H28Cl2N10O4. The molecule has 0 fully saturated rings. The predicted octanol–water partition coefficient (Wildman–Crippen LogP) is 3.70. The van der Waals surface area contributed by atoms with E-state index in [4.69, 9.17) is 49.3 Å². The van der Waals surface area contributed by atoms with Gasteiger partial charge < -0.3 is 20.3 Å². The van der Waals surface area contributed by atoms with Crippen molar-refractivity contribution in [3.63, 3.8) is 0 Å². The molecule has 1 atom stereocenters. The van der Waals surface area contributed by atoms with Crippen molar-refractivity contribution in [2.75, 3.05) is 30.6 Å². The maximum atomic E-state index is 13.4. The Morgan fingerprint density at radius 1 is 1.23 bits per heavy atom. The van der Waals surface area contributed by atoms with E-state index in [9.17, 15) is 9.59 Å². The van der Waals surface area contributed by atoms with Gasteiger partial charge in [-0.3, -0.25) is 24.7 Å². The molecule has 1 aliphatic heterocycles. The van der Waals surface area contributed by atoms with Crippen LogP contribution in [0.15, 0.2) is 52.5 Å². The number of nitrogens with one attached hydrogen (secondary N) is 2. The number of nitrogens with zero attached hydrogens (tertiary/aromatic N) is 6. The Kier molecular flexibility index (Phi) is 9.21. The Balaban J connectivity index is 1.36. The summed E-state index contributed by atoms with van der Waals surface area (Å²) in [6.07, 6.45) is 3.81. The van der Waals surface area contributed by atoms with Crippen LogP contribution in [0.5, 0.6) is 0 Å². The van der Waals surface area contributed by atoms with Gasteiger partial charge in [0.05, 0.1) is 41.6 Å². The van der Waals surface area contributed by atoms with Gasteiger partial charge in [-0.05, 0) is 36.8 Å². The van der Waals surface area contributed by atoms with Crippen LogP contribution in [0.4, 0.5) is 16.2 Å². The third-order valence-corrected chi connectivity index (χ3v) is 7.16. The van der Waals surface area contributed by atoms with Gasteiger partial charge in [-0.15, -0.1) is 0 Å². The van der Waals surface area contributed by atoms with Gasteiger partial charge in [-0.2, -0.15) is 5.10 Å². The number of methoxy groups -OCH3 is 1. The van der Waals surface area contributed by atoms with Crippen LogP contribution in [0.1, 0.15) is 30.5 Å². The molecule has 0 radical (unpaired) electrons. The molecule has 1 amide bonds. The van der Waals surface area contributed by atoms with E-state index in [1.807, 2.05) is 0 Å². The van der Waals surface area contributed by atoms with E-state index in [1.54, 1.807) is 42.0 Å². The fraction of sp³-hybridized carbons (Fsp3) is 0.259. The third kappa shape index (κ3) is 6.62. The number of ether oxygens (including phenoxy) is 2. The third-order valence-electron chi connectivity index (χ3n) is 6.65. The lowest BCUT2D eigenvalue weighted by molar-refractivity contribution is 0.134. The van der Waals surface area contributed by atoms with Gasteiger partial charge in [0.2, 0.25) is 0 Å². The molecule has 3 aromatic heterocycles. The molecule has 1 aromatic carbocycles. The van der Waals surface area contributed by atoms with E-state index in [1.165, 1.54) is 23.6 Å². The number of aromatic amines is 1. The van der Waals surface area contributed by atoms with Gasteiger partial charge in [-0.1, -0.05) is 23.2 Å². The van der Waals surface area contributed by atoms with Crippen LogP contribution in [-0.4, -0.2) is 57.3 Å². The number of anilines is 2. The number of carbonyl (C=O) groups is 1. The Morgan fingerprint density at radius 3 is 2.81 bits per heavy atom. The van der Waals surface area contributed by atoms with Gasteiger partial charge in [0.15, 0.2) is 0 Å². The van der Waals surface area contributed by atoms with Crippen LogP contribution >= 0.6 is 23.2 Å². The van der Waals surface area contributed by atoms with Crippen molar-refractivity contribution in [1.29, 1.82) is 0 Å². The molecule has 14 nitrogen and oxygen atoms in total. The normalized spacial score (nSPS) is 14.2. The standard InChI is InChI=1S/C27H28Cl2N10O4/c1-42-9-2-10-43-27(41)34-16-4-5-18(32-13-16)24-25(29)37-26(36-24)21-7-8-22-35-19(12-23(40)39(21)22)17-11-15(28)3-6-20(17)38(31)14-33-30/h3-6,11-14,21H,2,7-10,30-31H2,1H3,(H,34,41)(H,36,37). The average molecular weight is 627 g/mol. The molecule has 1 unspecified atom stereocenters. The number of pyridine rings is 1. The Labute approximate surface area is 255 Å². The second-order valence-corrected chi connectivity index (χ2v) is 10.3. The minimum Gasteiger partial charge on any atom is -0.449 e. The summed E-state index contributed by atoms with van der Waals surface area (Å²) in [4.78, 5) is 42.3. The topological polar surface area (TPSA) is 192 Å². The maximum Gasteiger partial charge on any atom is 0.411 e. The summed E-state index contributed by atoms with van der Waals surface area (Å²) in [5.74, 6) is 12.4. The van der Waals surface area contributed by atoms with Gasteiger partial charge in [0.1, 0.15) is 28.8 Å². The number of carbonyl (C=O) groups excluding carboxylic acids is 1. The minimum atomic E-state index is -0.593. The number of aryl methyl sites for hydroxylation is 1. The number of hydrogen-bond acceptors (Lipinski definition) is 10. The number of nitrogens with two attached hydrogens (primary N) is 2. The van der Waals surface area contributed by atoms with Crippen molar-refractivity contribution in [2.24, 2.45) is 16.8 Å². The van der Waals surface area contributed by atoms with Gasteiger partial charge >= 0.3 is 6.09 Å². The SMILES string of the molecule is COCCCOC(=O)Nc1ccc(-c2nc(C3CCc4nc(-c5cc(Cl)ccc5N(N)C=NN)cc(=O)n43)[nH]c2Cl)nc1. The first-order valence-corrected chi connectivity index (χ1v) is 13.9. The Bertz CT molecular complexity index is 1710. The lowest BCUT2D eigenvalue weighted by Crippen LogP contribution is -2.30. The summed E-state index contributed by atoms with van der Waals surface area (Å²) >= 11 is 12.8. The van der Waals surface area contributed by atoms with Crippen LogP contribution in [0.3, 0.4) is 0 Å². The van der Waals surface area contributed by atoms with E-state index in [0.29, 0.717) is 76.6 Å². The van der Waals surface area contributed by atoms with E-state index in [0.717, 1.165) is 0 Å². The summed E-state index contributed by atoms with van der Waals surface area (Å²) in [6.45, 7) is 0.733. The smallest absolute Gasteiger partial charge is 0.411 e. The molecule has 0 saturated carbocycles. The molecule has 16 heteroatoms. The highest BCUT2D eigenvalue weighted by molar-refractivity contribution is 6.32. The van der Waals surface area contributed by atoms with Crippen molar-refractivity contribution < 1.29 is 14.3 Å². The molecule has 0 aliphatic carbocycles. The second-order valence-electron chi connectivity index (χ2n) is 9.48. The number of imidazole rings is 1. The molecule has 6 N–H and O–H groups in total. The molecule has 4 heterocycles. The van der Waals surface area contributed by atoms with Crippen molar-refractivity contribution in [3.8, 4) is 22.6 Å². The minimum absolute atomic E-state index is 0.235. The van der Waals surface area contributed by atoms with Crippen LogP contribution in [0.2, 0.25) is 10.2 Å². The molecule has 0 saturated heterocycles. The average Bonchev–Trinajstić information content (AvgIpc) is 3.59. The van der Waals surface area contributed by atoms with Crippen LogP contribution in [-0.2, 0) is 15.9 Å². The largest absolute Gasteiger partial charge is 0.449 e. The Morgan fingerprint density at radius 2 is 2.07 bits per heavy atom. The zero-order valence-electron chi connectivity index (χ0n) is 23.0. The number of aromatic nitrogens is 5. The van der Waals surface area contributed by atoms with Gasteiger partial charge in [-0.25, -0.2) is 20.6 Å². The zero-order valence-corrected chi connectivity index (χ0v) is 24.5. The number of amides is 1. The highest BCUT2D eigenvalue weighted by Gasteiger charge is 2.30. The zero-order chi connectivity index (χ0) is 30.5. The fourth-order valence-corrected chi connectivity index (χ4v) is 5.15. The van der Waals surface area contributed by atoms with Crippen LogP contribution in [0, 0.1) is 0 Å². The first-order valence-electron chi connectivity index (χ1n) is 13.1. The van der Waals surface area contributed by atoms with Gasteiger partial charge in [0, 0.05) is 43.2 Å². The van der Waals surface area contributed by atoms with Crippen LogP contribution < -0.4 is 27.6 Å². The van der Waals surface area contributed by atoms with Crippen molar-refractivity contribution >= 4 is 47.0 Å². The number of H-pyrrole nitrogens is 1. The van der Waals surface area contributed by atoms with Crippen LogP contribution in [0.25, 0.3) is 22.6 Å². The summed E-state index contributed by atoms with van der Waals surface area (Å²) in [5, 5.41) is 8.01. The van der Waals surface area contributed by atoms with E-state index in [-0.39, 0.29) is 17.3 Å². The molecular weight excluding hydrogens is 599 g/mol. The van der Waals surface area contributed by atoms with E-state index < -0.39 is 12.1 Å². The summed E-state index contributed by atoms with van der Waals surface area (Å²) in [5.41, 5.74) is 2.52. The molecule has 0 spiro atoms. The van der Waals surface area contributed by atoms with Crippen molar-refractivity contribution in [2.45, 2.75) is 25.3 Å². The lowest BCUT2D eigenvalue weighted by Gasteiger charge is -2.18. The summed E-state index contributed by atoms with van der Waals surface area (Å²) < 4.78 is 11.6. The summed E-state index contributed by atoms with van der Waals surface area (Å²) in [7, 11) is 1.58. The number of fused-ring (bicyclic) bond motifs is 1. The molecule has 0 bridgehead atoms. The monoisotopic (exact) mass is 626 g/mol. The summed E-state index contributed by atoms with van der Waals surface area (Å²) in [6, 6.07) is 9.37. The quantitative estimate of drug-likeness (QED) is 0.0663. The maximum absolute atomic E-state index is 13.4. The molecule has 1 aliphatic rings. The van der Waals surface area contributed by atoms with Gasteiger partial charge in [0.25, 0.3) is 5.56 Å². The highest BCUT2D eigenvalue weighted by atomic mass is 35.5. The molecule has 5 rings (SSSR count). The highest BCUT2D eigenvalue weighted by Crippen LogP contribution is 2.35.